The van der Waals surface area contributed by atoms with E-state index in [1.165, 1.54) is 0 Å². The number of aromatic nitrogens is 1. The van der Waals surface area contributed by atoms with Crippen molar-refractivity contribution in [3.63, 3.8) is 0 Å². The maximum Gasteiger partial charge on any atom is 0.0907 e. The molecule has 0 radical (unpaired) electrons. The van der Waals surface area contributed by atoms with Crippen LogP contribution >= 0.6 is 11.3 Å². The quantitative estimate of drug-likeness (QED) is 0.814. The van der Waals surface area contributed by atoms with Gasteiger partial charge in [-0.25, -0.2) is 4.98 Å². The van der Waals surface area contributed by atoms with E-state index >= 15 is 0 Å². The fraction of sp³-hybridized carbons (Fsp3) is 0.500. The molecule has 0 aliphatic rings. The summed E-state index contributed by atoms with van der Waals surface area (Å²) in [5.41, 5.74) is 9.00. The fourth-order valence-corrected chi connectivity index (χ4v) is 3.12. The molecule has 1 aromatic carbocycles. The van der Waals surface area contributed by atoms with Crippen LogP contribution in [0.3, 0.4) is 0 Å². The molecule has 0 aliphatic heterocycles. The van der Waals surface area contributed by atoms with Crippen molar-refractivity contribution < 1.29 is 0 Å². The van der Waals surface area contributed by atoms with E-state index in [-0.39, 0.29) is 5.54 Å². The van der Waals surface area contributed by atoms with Crippen LogP contribution < -0.4 is 11.1 Å². The van der Waals surface area contributed by atoms with Crippen molar-refractivity contribution in [2.45, 2.75) is 46.1 Å². The average molecular weight is 263 g/mol. The van der Waals surface area contributed by atoms with Gasteiger partial charge in [-0.15, -0.1) is 11.3 Å². The van der Waals surface area contributed by atoms with Crippen LogP contribution in [0.4, 0.5) is 11.4 Å². The van der Waals surface area contributed by atoms with Gasteiger partial charge in [0.25, 0.3) is 0 Å². The average Bonchev–Trinajstić information content (AvgIpc) is 2.57. The van der Waals surface area contributed by atoms with Crippen LogP contribution in [-0.4, -0.2) is 10.5 Å². The third-order valence-electron chi connectivity index (χ3n) is 3.01. The van der Waals surface area contributed by atoms with Crippen LogP contribution in [0.25, 0.3) is 10.2 Å². The highest BCUT2D eigenvalue weighted by Crippen LogP contribution is 2.32. The predicted octanol–water partition coefficient (Wildman–Crippen LogP) is 4.18. The Morgan fingerprint density at radius 1 is 1.39 bits per heavy atom. The Balaban J connectivity index is 2.35. The summed E-state index contributed by atoms with van der Waals surface area (Å²) in [5, 5.41) is 4.61. The molecular formula is C14H21N3S. The summed E-state index contributed by atoms with van der Waals surface area (Å²) in [5.74, 6) is 0. The number of rotatable bonds is 4. The van der Waals surface area contributed by atoms with E-state index in [4.69, 9.17) is 5.73 Å². The summed E-state index contributed by atoms with van der Waals surface area (Å²) in [6.45, 7) is 8.62. The minimum absolute atomic E-state index is 0.0572. The van der Waals surface area contributed by atoms with E-state index in [0.717, 1.165) is 39.4 Å². The lowest BCUT2D eigenvalue weighted by Crippen LogP contribution is -2.30. The number of nitrogens with one attached hydrogen (secondary N) is 1. The number of anilines is 2. The third-order valence-corrected chi connectivity index (χ3v) is 3.95. The second-order valence-electron chi connectivity index (χ2n) is 5.40. The minimum atomic E-state index is 0.0572. The summed E-state index contributed by atoms with van der Waals surface area (Å²) >= 11 is 1.68. The number of hydrogen-bond acceptors (Lipinski definition) is 4. The summed E-state index contributed by atoms with van der Waals surface area (Å²) in [4.78, 5) is 4.51. The first kappa shape index (κ1) is 13.1. The molecule has 3 nitrogen and oxygen atoms in total. The van der Waals surface area contributed by atoms with E-state index in [1.54, 1.807) is 11.3 Å². The highest BCUT2D eigenvalue weighted by atomic mass is 32.1. The number of fused-ring (bicyclic) bond motifs is 1. The van der Waals surface area contributed by atoms with Gasteiger partial charge in [0.05, 0.1) is 26.6 Å². The topological polar surface area (TPSA) is 50.9 Å². The van der Waals surface area contributed by atoms with Crippen LogP contribution in [0.1, 0.15) is 38.6 Å². The van der Waals surface area contributed by atoms with Crippen molar-refractivity contribution in [1.29, 1.82) is 0 Å². The molecule has 2 aromatic rings. The smallest absolute Gasteiger partial charge is 0.0907 e. The highest BCUT2D eigenvalue weighted by molar-refractivity contribution is 7.18. The monoisotopic (exact) mass is 263 g/mol. The number of benzene rings is 1. The van der Waals surface area contributed by atoms with Crippen LogP contribution in [-0.2, 0) is 0 Å². The second-order valence-corrected chi connectivity index (χ2v) is 6.63. The Bertz CT molecular complexity index is 557. The molecule has 0 saturated carbocycles. The van der Waals surface area contributed by atoms with E-state index in [2.05, 4.69) is 37.1 Å². The molecule has 0 bridgehead atoms. The van der Waals surface area contributed by atoms with Crippen LogP contribution in [0.15, 0.2) is 12.1 Å². The lowest BCUT2D eigenvalue weighted by Gasteiger charge is -2.27. The van der Waals surface area contributed by atoms with Crippen LogP contribution in [0.5, 0.6) is 0 Å². The number of nitrogen functional groups attached to an aromatic ring is 1. The Hall–Kier alpha value is -1.29. The molecule has 2 rings (SSSR count). The van der Waals surface area contributed by atoms with Crippen molar-refractivity contribution in [2.24, 2.45) is 0 Å². The molecule has 0 fully saturated rings. The summed E-state index contributed by atoms with van der Waals surface area (Å²) in [6, 6.07) is 4.08. The van der Waals surface area contributed by atoms with Crippen molar-refractivity contribution in [3.8, 4) is 0 Å². The fourth-order valence-electron chi connectivity index (χ4n) is 2.27. The van der Waals surface area contributed by atoms with Gasteiger partial charge in [0.1, 0.15) is 0 Å². The first-order chi connectivity index (χ1) is 8.41. The Morgan fingerprint density at radius 2 is 2.11 bits per heavy atom. The van der Waals surface area contributed by atoms with E-state index in [9.17, 15) is 0 Å². The number of nitrogens with zero attached hydrogens (tertiary/aromatic N) is 1. The number of aryl methyl sites for hydroxylation is 1. The molecule has 18 heavy (non-hydrogen) atoms. The van der Waals surface area contributed by atoms with Gasteiger partial charge in [0.2, 0.25) is 0 Å². The maximum atomic E-state index is 6.12. The Kier molecular flexibility index (Phi) is 3.48. The molecule has 0 amide bonds. The summed E-state index contributed by atoms with van der Waals surface area (Å²) < 4.78 is 1.16. The van der Waals surface area contributed by atoms with Gasteiger partial charge >= 0.3 is 0 Å². The normalized spacial score (nSPS) is 12.0. The molecule has 0 atom stereocenters. The number of hydrogen-bond donors (Lipinski definition) is 2. The van der Waals surface area contributed by atoms with Gasteiger partial charge in [-0.05, 0) is 39.3 Å². The Labute approximate surface area is 112 Å². The zero-order valence-electron chi connectivity index (χ0n) is 11.5. The van der Waals surface area contributed by atoms with Gasteiger partial charge < -0.3 is 11.1 Å². The molecule has 0 aliphatic carbocycles. The number of nitrogens with two attached hydrogens (primary N) is 1. The lowest BCUT2D eigenvalue weighted by atomic mass is 9.98. The lowest BCUT2D eigenvalue weighted by molar-refractivity contribution is 0.511. The van der Waals surface area contributed by atoms with Gasteiger partial charge in [-0.2, -0.15) is 0 Å². The highest BCUT2D eigenvalue weighted by Gasteiger charge is 2.17. The molecule has 0 saturated heterocycles. The summed E-state index contributed by atoms with van der Waals surface area (Å²) in [7, 11) is 0. The Morgan fingerprint density at radius 3 is 2.78 bits per heavy atom. The van der Waals surface area contributed by atoms with Gasteiger partial charge in [-0.1, -0.05) is 13.3 Å². The minimum Gasteiger partial charge on any atom is -0.397 e. The van der Waals surface area contributed by atoms with E-state index in [0.29, 0.717) is 0 Å². The van der Waals surface area contributed by atoms with Gasteiger partial charge in [0.15, 0.2) is 0 Å². The standard InChI is InChI=1S/C14H21N3S/c1-5-6-14(3,4)17-11-8-12-13(7-10(11)15)18-9(2)16-12/h7-8,17H,5-6,15H2,1-4H3. The van der Waals surface area contributed by atoms with Crippen molar-refractivity contribution in [2.75, 3.05) is 11.1 Å². The molecular weight excluding hydrogens is 242 g/mol. The van der Waals surface area contributed by atoms with Crippen molar-refractivity contribution >= 4 is 32.9 Å². The van der Waals surface area contributed by atoms with E-state index < -0.39 is 0 Å². The molecule has 4 heteroatoms. The predicted molar refractivity (Wildman–Crippen MR) is 81.4 cm³/mol. The SMILES string of the molecule is CCCC(C)(C)Nc1cc2nc(C)sc2cc1N. The van der Waals surface area contributed by atoms with Gasteiger partial charge in [0, 0.05) is 5.54 Å². The molecule has 1 aromatic heterocycles. The second kappa shape index (κ2) is 4.76. The maximum absolute atomic E-state index is 6.12. The largest absolute Gasteiger partial charge is 0.397 e. The first-order valence-corrected chi connectivity index (χ1v) is 7.18. The van der Waals surface area contributed by atoms with Crippen LogP contribution in [0, 0.1) is 6.92 Å². The molecule has 0 spiro atoms. The van der Waals surface area contributed by atoms with Crippen molar-refractivity contribution in [3.05, 3.63) is 17.1 Å². The van der Waals surface area contributed by atoms with Crippen LogP contribution in [0.2, 0.25) is 0 Å². The molecule has 1 heterocycles. The summed E-state index contributed by atoms with van der Waals surface area (Å²) in [6.07, 6.45) is 2.26. The molecule has 3 N–H and O–H groups in total. The zero-order valence-corrected chi connectivity index (χ0v) is 12.3. The first-order valence-electron chi connectivity index (χ1n) is 6.36. The van der Waals surface area contributed by atoms with E-state index in [1.807, 2.05) is 13.0 Å². The third kappa shape index (κ3) is 2.75. The molecule has 98 valence electrons. The zero-order chi connectivity index (χ0) is 13.3. The van der Waals surface area contributed by atoms with Gasteiger partial charge in [-0.3, -0.25) is 0 Å². The van der Waals surface area contributed by atoms with Crippen molar-refractivity contribution in [1.82, 2.24) is 4.98 Å². The molecule has 0 unspecified atom stereocenters. The number of thiazole rings is 1.